The minimum Gasteiger partial charge on any atom is -0.353 e. The maximum Gasteiger partial charge on any atom is 0.244 e. The van der Waals surface area contributed by atoms with E-state index in [1.165, 1.54) is 4.90 Å². The Bertz CT molecular complexity index is 530. The molecule has 2 amide bonds. The van der Waals surface area contributed by atoms with Gasteiger partial charge in [-0.25, -0.2) is 0 Å². The van der Waals surface area contributed by atoms with Gasteiger partial charge in [-0.05, 0) is 32.1 Å². The first-order valence-electron chi connectivity index (χ1n) is 7.05. The topological polar surface area (TPSA) is 78.7 Å². The number of amides is 2. The van der Waals surface area contributed by atoms with Crippen LogP contribution in [0.15, 0.2) is 24.3 Å². The van der Waals surface area contributed by atoms with E-state index in [-0.39, 0.29) is 18.4 Å². The van der Waals surface area contributed by atoms with E-state index in [0.717, 1.165) is 17.8 Å². The van der Waals surface area contributed by atoms with Gasteiger partial charge in [-0.3, -0.25) is 9.59 Å². The van der Waals surface area contributed by atoms with Crippen molar-refractivity contribution in [3.63, 3.8) is 0 Å². The van der Waals surface area contributed by atoms with E-state index in [1.807, 2.05) is 43.3 Å². The molecule has 114 valence electrons. The molecule has 6 heteroatoms. The summed E-state index contributed by atoms with van der Waals surface area (Å²) >= 11 is 0. The molecule has 1 unspecified atom stereocenters. The lowest BCUT2D eigenvalue weighted by molar-refractivity contribution is -0.124. The van der Waals surface area contributed by atoms with Crippen LogP contribution >= 0.6 is 0 Å². The quantitative estimate of drug-likeness (QED) is 0.772. The van der Waals surface area contributed by atoms with Crippen molar-refractivity contribution in [1.29, 1.82) is 0 Å². The molecule has 0 bridgehead atoms. The zero-order valence-corrected chi connectivity index (χ0v) is 12.5. The number of carbonyl (C=O) groups excluding carboxylic acids is 2. The number of para-hydroxylation sites is 1. The number of nitrogens with two attached hydrogens (primary N) is 1. The van der Waals surface area contributed by atoms with E-state index in [0.29, 0.717) is 13.0 Å². The van der Waals surface area contributed by atoms with Gasteiger partial charge >= 0.3 is 0 Å². The van der Waals surface area contributed by atoms with Crippen LogP contribution in [0.1, 0.15) is 5.56 Å². The third kappa shape index (κ3) is 3.80. The highest BCUT2D eigenvalue weighted by molar-refractivity contribution is 6.03. The highest BCUT2D eigenvalue weighted by Crippen LogP contribution is 2.26. The van der Waals surface area contributed by atoms with Crippen molar-refractivity contribution in [2.24, 2.45) is 5.73 Å². The SMILES string of the molecule is CN(C)CCNC(=O)CN1C(=O)C(N)Cc2ccccc21. The average molecular weight is 290 g/mol. The largest absolute Gasteiger partial charge is 0.353 e. The Hall–Kier alpha value is -1.92. The van der Waals surface area contributed by atoms with Crippen LogP contribution < -0.4 is 16.0 Å². The maximum absolute atomic E-state index is 12.2. The first kappa shape index (κ1) is 15.5. The monoisotopic (exact) mass is 290 g/mol. The van der Waals surface area contributed by atoms with Gasteiger partial charge in [-0.15, -0.1) is 0 Å². The van der Waals surface area contributed by atoms with Crippen LogP contribution in [-0.4, -0.2) is 56.5 Å². The fourth-order valence-electron chi connectivity index (χ4n) is 2.37. The van der Waals surface area contributed by atoms with Crippen LogP contribution in [-0.2, 0) is 16.0 Å². The first-order chi connectivity index (χ1) is 9.99. The van der Waals surface area contributed by atoms with Crippen LogP contribution in [0.4, 0.5) is 5.69 Å². The summed E-state index contributed by atoms with van der Waals surface area (Å²) in [4.78, 5) is 27.7. The van der Waals surface area contributed by atoms with Gasteiger partial charge in [0, 0.05) is 18.8 Å². The van der Waals surface area contributed by atoms with Gasteiger partial charge in [0.05, 0.1) is 6.04 Å². The molecule has 1 atom stereocenters. The molecule has 21 heavy (non-hydrogen) atoms. The summed E-state index contributed by atoms with van der Waals surface area (Å²) in [5.41, 5.74) is 7.66. The summed E-state index contributed by atoms with van der Waals surface area (Å²) in [5, 5.41) is 2.81. The molecule has 0 saturated heterocycles. The zero-order chi connectivity index (χ0) is 15.4. The number of benzene rings is 1. The van der Waals surface area contributed by atoms with Gasteiger partial charge < -0.3 is 20.9 Å². The molecule has 0 fully saturated rings. The predicted molar refractivity (Wildman–Crippen MR) is 82.0 cm³/mol. The fourth-order valence-corrected chi connectivity index (χ4v) is 2.37. The third-order valence-electron chi connectivity index (χ3n) is 3.49. The molecule has 3 N–H and O–H groups in total. The molecule has 0 saturated carbocycles. The number of fused-ring (bicyclic) bond motifs is 1. The molecule has 2 rings (SSSR count). The highest BCUT2D eigenvalue weighted by Gasteiger charge is 2.31. The van der Waals surface area contributed by atoms with Crippen LogP contribution in [0.5, 0.6) is 0 Å². The molecule has 1 aliphatic heterocycles. The second-order valence-electron chi connectivity index (χ2n) is 5.52. The summed E-state index contributed by atoms with van der Waals surface area (Å²) in [6.07, 6.45) is 0.522. The number of carbonyl (C=O) groups is 2. The zero-order valence-electron chi connectivity index (χ0n) is 12.5. The van der Waals surface area contributed by atoms with Crippen LogP contribution in [0.3, 0.4) is 0 Å². The minimum absolute atomic E-state index is 0.0109. The molecular formula is C15H22N4O2. The Morgan fingerprint density at radius 2 is 2.14 bits per heavy atom. The number of hydrogen-bond acceptors (Lipinski definition) is 4. The number of nitrogens with one attached hydrogen (secondary N) is 1. The first-order valence-corrected chi connectivity index (χ1v) is 7.05. The molecule has 1 aromatic carbocycles. The smallest absolute Gasteiger partial charge is 0.244 e. The lowest BCUT2D eigenvalue weighted by atomic mass is 9.98. The second-order valence-corrected chi connectivity index (χ2v) is 5.52. The minimum atomic E-state index is -0.575. The highest BCUT2D eigenvalue weighted by atomic mass is 16.2. The Morgan fingerprint density at radius 1 is 1.43 bits per heavy atom. The Morgan fingerprint density at radius 3 is 2.86 bits per heavy atom. The van der Waals surface area contributed by atoms with Crippen molar-refractivity contribution < 1.29 is 9.59 Å². The number of nitrogens with zero attached hydrogens (tertiary/aromatic N) is 2. The molecular weight excluding hydrogens is 268 g/mol. The third-order valence-corrected chi connectivity index (χ3v) is 3.49. The number of anilines is 1. The summed E-state index contributed by atoms with van der Waals surface area (Å²) in [6, 6.07) is 7.00. The molecule has 0 aliphatic carbocycles. The number of hydrogen-bond donors (Lipinski definition) is 2. The molecule has 0 radical (unpaired) electrons. The van der Waals surface area contributed by atoms with E-state index in [2.05, 4.69) is 5.32 Å². The lowest BCUT2D eigenvalue weighted by Gasteiger charge is -2.32. The number of likely N-dealkylation sites (N-methyl/N-ethyl adjacent to an activating group) is 1. The van der Waals surface area contributed by atoms with E-state index in [9.17, 15) is 9.59 Å². The summed E-state index contributed by atoms with van der Waals surface area (Å²) in [5.74, 6) is -0.370. The van der Waals surface area contributed by atoms with Crippen molar-refractivity contribution in [2.45, 2.75) is 12.5 Å². The molecule has 1 heterocycles. The van der Waals surface area contributed by atoms with Crippen molar-refractivity contribution in [2.75, 3.05) is 38.6 Å². The van der Waals surface area contributed by atoms with E-state index in [1.54, 1.807) is 0 Å². The Balaban J connectivity index is 2.04. The van der Waals surface area contributed by atoms with Crippen LogP contribution in [0.2, 0.25) is 0 Å². The molecule has 0 aromatic heterocycles. The Labute approximate surface area is 124 Å². The van der Waals surface area contributed by atoms with Crippen molar-refractivity contribution in [3.8, 4) is 0 Å². The molecule has 1 aliphatic rings. The summed E-state index contributed by atoms with van der Waals surface area (Å²) < 4.78 is 0. The van der Waals surface area contributed by atoms with E-state index < -0.39 is 6.04 Å². The average Bonchev–Trinajstić information content (AvgIpc) is 2.43. The second kappa shape index (κ2) is 6.69. The lowest BCUT2D eigenvalue weighted by Crippen LogP contribution is -2.52. The van der Waals surface area contributed by atoms with Crippen molar-refractivity contribution in [3.05, 3.63) is 29.8 Å². The van der Waals surface area contributed by atoms with Gasteiger partial charge in [-0.2, -0.15) is 0 Å². The molecule has 0 spiro atoms. The van der Waals surface area contributed by atoms with E-state index in [4.69, 9.17) is 5.73 Å². The standard InChI is InChI=1S/C15H22N4O2/c1-18(2)8-7-17-14(20)10-19-13-6-4-3-5-11(13)9-12(16)15(19)21/h3-6,12H,7-10,16H2,1-2H3,(H,17,20). The molecule has 6 nitrogen and oxygen atoms in total. The normalized spacial score (nSPS) is 17.8. The number of rotatable bonds is 5. The van der Waals surface area contributed by atoms with Gasteiger partial charge in [0.2, 0.25) is 11.8 Å². The van der Waals surface area contributed by atoms with Crippen LogP contribution in [0, 0.1) is 0 Å². The van der Waals surface area contributed by atoms with Gasteiger partial charge in [-0.1, -0.05) is 18.2 Å². The fraction of sp³-hybridized carbons (Fsp3) is 0.467. The predicted octanol–water partition coefficient (Wildman–Crippen LogP) is -0.419. The summed E-state index contributed by atoms with van der Waals surface area (Å²) in [6.45, 7) is 1.33. The van der Waals surface area contributed by atoms with Gasteiger partial charge in [0.25, 0.3) is 0 Å². The van der Waals surface area contributed by atoms with Gasteiger partial charge in [0.15, 0.2) is 0 Å². The summed E-state index contributed by atoms with van der Waals surface area (Å²) in [7, 11) is 3.88. The van der Waals surface area contributed by atoms with Crippen LogP contribution in [0.25, 0.3) is 0 Å². The molecule has 1 aromatic rings. The Kier molecular flexibility index (Phi) is 4.93. The van der Waals surface area contributed by atoms with E-state index >= 15 is 0 Å². The van der Waals surface area contributed by atoms with Crippen molar-refractivity contribution >= 4 is 17.5 Å². The van der Waals surface area contributed by atoms with Gasteiger partial charge in [0.1, 0.15) is 6.54 Å². The maximum atomic E-state index is 12.2. The van der Waals surface area contributed by atoms with Crippen molar-refractivity contribution in [1.82, 2.24) is 10.2 Å².